The van der Waals surface area contributed by atoms with E-state index in [9.17, 15) is 0 Å². The quantitative estimate of drug-likeness (QED) is 0.734. The summed E-state index contributed by atoms with van der Waals surface area (Å²) in [4.78, 5) is 0. The Kier molecular flexibility index (Phi) is 3.86. The van der Waals surface area contributed by atoms with E-state index in [2.05, 4.69) is 45.0 Å². The summed E-state index contributed by atoms with van der Waals surface area (Å²) in [6.07, 6.45) is 4.22. The number of hydrogen-bond acceptors (Lipinski definition) is 1. The largest absolute Gasteiger partial charge is 0.381 e. The lowest BCUT2D eigenvalue weighted by Gasteiger charge is -2.33. The molecule has 0 N–H and O–H groups in total. The maximum Gasteiger partial charge on any atom is 0.113 e. The molecule has 1 aromatic rings. The molecular weight excluding hydrogens is 219 g/mol. The van der Waals surface area contributed by atoms with Crippen LogP contribution in [0.15, 0.2) is 30.3 Å². The standard InChI is InChI=1S/C16H23BO/c1-15(2,3)12-16(17)10-9-14(18-16)11-13-7-5-4-6-8-13/h4-8,14H,9-12H2,1-3H3/t14?,16-/m0/s1. The lowest BCUT2D eigenvalue weighted by atomic mass is 9.69. The van der Waals surface area contributed by atoms with Gasteiger partial charge in [0.1, 0.15) is 7.85 Å². The van der Waals surface area contributed by atoms with Crippen LogP contribution in [0.25, 0.3) is 0 Å². The van der Waals surface area contributed by atoms with Crippen LogP contribution >= 0.6 is 0 Å². The molecule has 0 spiro atoms. The van der Waals surface area contributed by atoms with Crippen LogP contribution in [0.2, 0.25) is 0 Å². The van der Waals surface area contributed by atoms with E-state index in [4.69, 9.17) is 12.6 Å². The van der Waals surface area contributed by atoms with Crippen molar-refractivity contribution >= 4 is 7.85 Å². The molecule has 1 unspecified atom stereocenters. The first-order valence-electron chi connectivity index (χ1n) is 6.87. The van der Waals surface area contributed by atoms with Crippen molar-refractivity contribution in [2.24, 2.45) is 5.41 Å². The predicted octanol–water partition coefficient (Wildman–Crippen LogP) is 3.71. The zero-order valence-corrected chi connectivity index (χ0v) is 11.8. The van der Waals surface area contributed by atoms with Crippen LogP contribution in [0.4, 0.5) is 0 Å². The molecule has 2 radical (unpaired) electrons. The summed E-state index contributed by atoms with van der Waals surface area (Å²) in [7, 11) is 6.37. The van der Waals surface area contributed by atoms with E-state index in [1.54, 1.807) is 0 Å². The zero-order valence-electron chi connectivity index (χ0n) is 11.8. The highest BCUT2D eigenvalue weighted by Crippen LogP contribution is 2.38. The Balaban J connectivity index is 1.92. The smallest absolute Gasteiger partial charge is 0.113 e. The molecule has 0 amide bonds. The fraction of sp³-hybridized carbons (Fsp3) is 0.625. The Morgan fingerprint density at radius 1 is 1.28 bits per heavy atom. The number of hydrogen-bond donors (Lipinski definition) is 0. The van der Waals surface area contributed by atoms with Crippen molar-refractivity contribution in [2.75, 3.05) is 0 Å². The van der Waals surface area contributed by atoms with Crippen LogP contribution in [0.5, 0.6) is 0 Å². The average Bonchev–Trinajstić information content (AvgIpc) is 2.58. The van der Waals surface area contributed by atoms with Gasteiger partial charge in [0.25, 0.3) is 0 Å². The molecule has 1 aliphatic heterocycles. The molecule has 1 aromatic carbocycles. The van der Waals surface area contributed by atoms with Crippen LogP contribution in [0.1, 0.15) is 45.6 Å². The molecule has 1 fully saturated rings. The monoisotopic (exact) mass is 242 g/mol. The maximum absolute atomic E-state index is 6.37. The first-order valence-corrected chi connectivity index (χ1v) is 6.87. The van der Waals surface area contributed by atoms with Gasteiger partial charge in [0, 0.05) is 5.50 Å². The second kappa shape index (κ2) is 5.09. The van der Waals surface area contributed by atoms with Gasteiger partial charge in [-0.05, 0) is 36.7 Å². The fourth-order valence-corrected chi connectivity index (χ4v) is 2.90. The summed E-state index contributed by atoms with van der Waals surface area (Å²) in [6.45, 7) is 6.65. The van der Waals surface area contributed by atoms with Gasteiger partial charge in [-0.2, -0.15) is 0 Å². The van der Waals surface area contributed by atoms with Gasteiger partial charge in [0.2, 0.25) is 0 Å². The molecule has 2 atom stereocenters. The van der Waals surface area contributed by atoms with Crippen LogP contribution in [0.3, 0.4) is 0 Å². The summed E-state index contributed by atoms with van der Waals surface area (Å²) < 4.78 is 6.11. The van der Waals surface area contributed by atoms with E-state index in [0.29, 0.717) is 0 Å². The topological polar surface area (TPSA) is 9.23 Å². The van der Waals surface area contributed by atoms with Crippen LogP contribution in [-0.2, 0) is 11.2 Å². The Morgan fingerprint density at radius 2 is 1.94 bits per heavy atom. The van der Waals surface area contributed by atoms with Gasteiger partial charge in [-0.1, -0.05) is 51.1 Å². The fourth-order valence-electron chi connectivity index (χ4n) is 2.90. The molecule has 0 aliphatic carbocycles. The first kappa shape index (κ1) is 13.7. The third-order valence-electron chi connectivity index (χ3n) is 3.43. The van der Waals surface area contributed by atoms with E-state index < -0.39 is 5.50 Å². The van der Waals surface area contributed by atoms with Gasteiger partial charge in [0.05, 0.1) is 6.10 Å². The minimum atomic E-state index is -0.419. The molecule has 0 bridgehead atoms. The van der Waals surface area contributed by atoms with Gasteiger partial charge >= 0.3 is 0 Å². The normalized spacial score (nSPS) is 28.5. The minimum absolute atomic E-state index is 0.219. The highest BCUT2D eigenvalue weighted by Gasteiger charge is 2.38. The second-order valence-electron chi connectivity index (χ2n) is 6.77. The molecule has 96 valence electrons. The molecule has 2 rings (SSSR count). The summed E-state index contributed by atoms with van der Waals surface area (Å²) in [5.74, 6) is 0. The summed E-state index contributed by atoms with van der Waals surface area (Å²) in [6, 6.07) is 10.5. The third kappa shape index (κ3) is 3.88. The molecule has 1 aliphatic rings. The van der Waals surface area contributed by atoms with Crippen LogP contribution in [0, 0.1) is 5.41 Å². The van der Waals surface area contributed by atoms with E-state index in [0.717, 1.165) is 25.7 Å². The van der Waals surface area contributed by atoms with Gasteiger partial charge < -0.3 is 4.74 Å². The summed E-state index contributed by atoms with van der Waals surface area (Å²) in [5, 5.41) is 0. The SMILES string of the molecule is [B][C@@]1(CC(C)(C)C)CCC(Cc2ccccc2)O1. The minimum Gasteiger partial charge on any atom is -0.381 e. The number of rotatable bonds is 3. The lowest BCUT2D eigenvalue weighted by molar-refractivity contribution is -0.00682. The molecule has 1 heterocycles. The van der Waals surface area contributed by atoms with Crippen LogP contribution < -0.4 is 0 Å². The second-order valence-corrected chi connectivity index (χ2v) is 6.77. The predicted molar refractivity (Wildman–Crippen MR) is 76.8 cm³/mol. The highest BCUT2D eigenvalue weighted by molar-refractivity contribution is 6.14. The molecule has 1 saturated heterocycles. The Hall–Kier alpha value is -0.755. The van der Waals surface area contributed by atoms with E-state index >= 15 is 0 Å². The van der Waals surface area contributed by atoms with Crippen molar-refractivity contribution < 1.29 is 4.74 Å². The van der Waals surface area contributed by atoms with Gasteiger partial charge in [-0.3, -0.25) is 0 Å². The van der Waals surface area contributed by atoms with E-state index in [-0.39, 0.29) is 11.5 Å². The summed E-state index contributed by atoms with van der Waals surface area (Å²) in [5.41, 5.74) is 1.14. The molecule has 18 heavy (non-hydrogen) atoms. The van der Waals surface area contributed by atoms with Gasteiger partial charge in [0.15, 0.2) is 0 Å². The zero-order chi connectivity index (χ0) is 13.2. The Labute approximate surface area is 112 Å². The van der Waals surface area contributed by atoms with E-state index in [1.807, 2.05) is 6.07 Å². The maximum atomic E-state index is 6.37. The first-order chi connectivity index (χ1) is 8.36. The van der Waals surface area contributed by atoms with Crippen LogP contribution in [-0.4, -0.2) is 19.5 Å². The van der Waals surface area contributed by atoms with E-state index in [1.165, 1.54) is 5.56 Å². The number of ether oxygens (including phenoxy) is 1. The van der Waals surface area contributed by atoms with Gasteiger partial charge in [-0.25, -0.2) is 0 Å². The van der Waals surface area contributed by atoms with Crippen molar-refractivity contribution in [3.63, 3.8) is 0 Å². The van der Waals surface area contributed by atoms with Crippen molar-refractivity contribution in [2.45, 2.75) is 58.1 Å². The van der Waals surface area contributed by atoms with Crippen molar-refractivity contribution in [1.82, 2.24) is 0 Å². The average molecular weight is 242 g/mol. The third-order valence-corrected chi connectivity index (χ3v) is 3.43. The Morgan fingerprint density at radius 3 is 2.56 bits per heavy atom. The van der Waals surface area contributed by atoms with Gasteiger partial charge in [-0.15, -0.1) is 0 Å². The van der Waals surface area contributed by atoms with Crippen molar-refractivity contribution in [3.05, 3.63) is 35.9 Å². The molecule has 1 nitrogen and oxygen atoms in total. The number of benzene rings is 1. The summed E-state index contributed by atoms with van der Waals surface area (Å²) >= 11 is 0. The molecule has 0 aromatic heterocycles. The molecule has 0 saturated carbocycles. The lowest BCUT2D eigenvalue weighted by Crippen LogP contribution is -2.34. The van der Waals surface area contributed by atoms with Crippen molar-refractivity contribution in [3.8, 4) is 0 Å². The highest BCUT2D eigenvalue weighted by atomic mass is 16.5. The Bertz CT molecular complexity index is 382. The van der Waals surface area contributed by atoms with Crippen molar-refractivity contribution in [1.29, 1.82) is 0 Å². The molecular formula is C16H23BO. The molecule has 2 heteroatoms.